The molecule has 1 aromatic heterocycles. The first-order chi connectivity index (χ1) is 13.2. The van der Waals surface area contributed by atoms with Gasteiger partial charge < -0.3 is 10.6 Å². The number of carbonyl (C=O) groups is 1. The highest BCUT2D eigenvalue weighted by Crippen LogP contribution is 2.58. The fraction of sp³-hybridized carbons (Fsp3) is 0.545. The van der Waals surface area contributed by atoms with Crippen LogP contribution in [-0.4, -0.2) is 28.8 Å². The molecule has 2 aliphatic carbocycles. The first-order valence-electron chi connectivity index (χ1n) is 10.3. The minimum absolute atomic E-state index is 0. The Morgan fingerprint density at radius 1 is 1.29 bits per heavy atom. The van der Waals surface area contributed by atoms with Gasteiger partial charge in [-0.05, 0) is 75.1 Å². The van der Waals surface area contributed by atoms with Crippen LogP contribution in [0.4, 0.5) is 5.82 Å². The van der Waals surface area contributed by atoms with Gasteiger partial charge in [0.15, 0.2) is 0 Å². The lowest BCUT2D eigenvalue weighted by molar-refractivity contribution is -0.118. The Morgan fingerprint density at radius 3 is 2.89 bits per heavy atom. The van der Waals surface area contributed by atoms with Crippen molar-refractivity contribution in [2.75, 3.05) is 18.4 Å². The number of nitrogens with zero attached hydrogens (tertiary/aromatic N) is 2. The summed E-state index contributed by atoms with van der Waals surface area (Å²) in [5.41, 5.74) is 4.07. The van der Waals surface area contributed by atoms with E-state index in [0.29, 0.717) is 0 Å². The fourth-order valence-corrected chi connectivity index (χ4v) is 5.22. The Balaban J connectivity index is 0.00000192. The number of rotatable bonds is 3. The van der Waals surface area contributed by atoms with Gasteiger partial charge in [-0.1, -0.05) is 24.3 Å². The number of anilines is 1. The van der Waals surface area contributed by atoms with Crippen molar-refractivity contribution in [3.63, 3.8) is 0 Å². The van der Waals surface area contributed by atoms with Crippen molar-refractivity contribution in [3.05, 3.63) is 47.2 Å². The molecule has 1 aromatic carbocycles. The Kier molecular flexibility index (Phi) is 5.23. The maximum absolute atomic E-state index is 13.0. The number of halogens is 1. The summed E-state index contributed by atoms with van der Waals surface area (Å²) in [5, 5.41) is 11.3. The third kappa shape index (κ3) is 3.25. The van der Waals surface area contributed by atoms with E-state index in [0.717, 1.165) is 63.0 Å². The number of benzene rings is 1. The van der Waals surface area contributed by atoms with Gasteiger partial charge >= 0.3 is 0 Å². The van der Waals surface area contributed by atoms with Gasteiger partial charge in [0.25, 0.3) is 0 Å². The minimum atomic E-state index is 0. The number of hydrogen-bond acceptors (Lipinski definition) is 3. The summed E-state index contributed by atoms with van der Waals surface area (Å²) in [5.74, 6) is 1.24. The van der Waals surface area contributed by atoms with Crippen LogP contribution in [0, 0.1) is 18.3 Å². The van der Waals surface area contributed by atoms with Crippen LogP contribution in [0.15, 0.2) is 30.5 Å². The zero-order valence-corrected chi connectivity index (χ0v) is 17.2. The summed E-state index contributed by atoms with van der Waals surface area (Å²) in [6.45, 7) is 4.13. The monoisotopic (exact) mass is 400 g/mol. The summed E-state index contributed by atoms with van der Waals surface area (Å²) in [4.78, 5) is 13.0. The van der Waals surface area contributed by atoms with Gasteiger partial charge in [-0.3, -0.25) is 4.79 Å². The molecule has 2 fully saturated rings. The number of piperidine rings is 1. The predicted octanol–water partition coefficient (Wildman–Crippen LogP) is 3.87. The molecule has 6 heteroatoms. The Bertz CT molecular complexity index is 871. The molecule has 2 aromatic rings. The van der Waals surface area contributed by atoms with Crippen molar-refractivity contribution in [2.24, 2.45) is 11.3 Å². The summed E-state index contributed by atoms with van der Waals surface area (Å²) in [6, 6.07) is 8.88. The van der Waals surface area contributed by atoms with Crippen molar-refractivity contribution in [1.29, 1.82) is 0 Å². The van der Waals surface area contributed by atoms with E-state index in [9.17, 15) is 4.79 Å². The van der Waals surface area contributed by atoms with Crippen LogP contribution < -0.4 is 10.6 Å². The molecule has 2 unspecified atom stereocenters. The molecule has 1 spiro atoms. The molecule has 2 atom stereocenters. The number of hydrogen-bond donors (Lipinski definition) is 2. The zero-order valence-electron chi connectivity index (χ0n) is 16.4. The van der Waals surface area contributed by atoms with E-state index in [4.69, 9.17) is 0 Å². The topological polar surface area (TPSA) is 59.0 Å². The molecule has 1 amide bonds. The van der Waals surface area contributed by atoms with Gasteiger partial charge in [-0.25, -0.2) is 4.68 Å². The van der Waals surface area contributed by atoms with E-state index in [1.807, 2.05) is 13.1 Å². The fourth-order valence-electron chi connectivity index (χ4n) is 5.22. The molecule has 0 radical (unpaired) electrons. The third-order valence-electron chi connectivity index (χ3n) is 6.96. The quantitative estimate of drug-likeness (QED) is 0.822. The van der Waals surface area contributed by atoms with Crippen LogP contribution in [-0.2, 0) is 11.2 Å². The highest BCUT2D eigenvalue weighted by atomic mass is 35.5. The van der Waals surface area contributed by atoms with Gasteiger partial charge in [-0.2, -0.15) is 5.10 Å². The van der Waals surface area contributed by atoms with Crippen molar-refractivity contribution in [3.8, 4) is 0 Å². The predicted molar refractivity (Wildman–Crippen MR) is 113 cm³/mol. The average Bonchev–Trinajstić information content (AvgIpc) is 3.28. The largest absolute Gasteiger partial charge is 0.317 e. The van der Waals surface area contributed by atoms with E-state index in [1.165, 1.54) is 11.1 Å². The Hall–Kier alpha value is -1.85. The van der Waals surface area contributed by atoms with Gasteiger partial charge in [0.05, 0.1) is 12.2 Å². The smallest absolute Gasteiger partial charge is 0.229 e. The van der Waals surface area contributed by atoms with Crippen molar-refractivity contribution >= 4 is 24.1 Å². The molecular formula is C22H29ClN4O. The van der Waals surface area contributed by atoms with Crippen LogP contribution in [0.25, 0.3) is 0 Å². The minimum Gasteiger partial charge on any atom is -0.317 e. The first kappa shape index (κ1) is 19.5. The molecule has 150 valence electrons. The van der Waals surface area contributed by atoms with Crippen LogP contribution in [0.5, 0.6) is 0 Å². The van der Waals surface area contributed by atoms with E-state index in [1.54, 1.807) is 0 Å². The lowest BCUT2D eigenvalue weighted by Crippen LogP contribution is -2.32. The van der Waals surface area contributed by atoms with Gasteiger partial charge in [-0.15, -0.1) is 12.4 Å². The molecule has 1 saturated carbocycles. The SMILES string of the molecule is Cc1cnn(C2CCCc3ccccc32)c1NC(=O)C1CC12CCNCC2.Cl. The van der Waals surface area contributed by atoms with E-state index >= 15 is 0 Å². The second-order valence-corrected chi connectivity index (χ2v) is 8.59. The maximum Gasteiger partial charge on any atom is 0.229 e. The Labute approximate surface area is 172 Å². The molecule has 2 heterocycles. The molecule has 1 saturated heterocycles. The summed E-state index contributed by atoms with van der Waals surface area (Å²) < 4.78 is 2.06. The number of amides is 1. The number of aryl methyl sites for hydroxylation is 2. The number of carbonyl (C=O) groups excluding carboxylic acids is 1. The standard InChI is InChI=1S/C22H28N4O.ClH/c1-15-14-24-26(19-8-4-6-16-5-2-3-7-17(16)19)20(15)25-21(27)18-13-22(18)9-11-23-12-10-22;/h2-3,5,7,14,18-19,23H,4,6,8-13H2,1H3,(H,25,27);1H. The molecule has 5 nitrogen and oxygen atoms in total. The number of aromatic nitrogens is 2. The Morgan fingerprint density at radius 2 is 2.07 bits per heavy atom. The molecule has 2 N–H and O–H groups in total. The molecule has 3 aliphatic rings. The highest BCUT2D eigenvalue weighted by Gasteiger charge is 2.57. The summed E-state index contributed by atoms with van der Waals surface area (Å²) >= 11 is 0. The number of nitrogens with one attached hydrogen (secondary N) is 2. The third-order valence-corrected chi connectivity index (χ3v) is 6.96. The normalized spacial score (nSPS) is 24.9. The van der Waals surface area contributed by atoms with E-state index < -0.39 is 0 Å². The van der Waals surface area contributed by atoms with Crippen LogP contribution in [0.1, 0.15) is 54.8 Å². The molecule has 1 aliphatic heterocycles. The molecule has 28 heavy (non-hydrogen) atoms. The van der Waals surface area contributed by atoms with Gasteiger partial charge in [0.2, 0.25) is 5.91 Å². The number of fused-ring (bicyclic) bond motifs is 1. The zero-order chi connectivity index (χ0) is 18.4. The van der Waals surface area contributed by atoms with Crippen LogP contribution in [0.3, 0.4) is 0 Å². The van der Waals surface area contributed by atoms with Crippen LogP contribution >= 0.6 is 12.4 Å². The summed E-state index contributed by atoms with van der Waals surface area (Å²) in [6.07, 6.45) is 8.54. The van der Waals surface area contributed by atoms with Crippen LogP contribution in [0.2, 0.25) is 0 Å². The maximum atomic E-state index is 13.0. The highest BCUT2D eigenvalue weighted by molar-refractivity contribution is 5.95. The van der Waals surface area contributed by atoms with E-state index in [-0.39, 0.29) is 35.7 Å². The second-order valence-electron chi connectivity index (χ2n) is 8.59. The van der Waals surface area contributed by atoms with Crippen molar-refractivity contribution < 1.29 is 4.79 Å². The second kappa shape index (κ2) is 7.53. The van der Waals surface area contributed by atoms with E-state index in [2.05, 4.69) is 44.7 Å². The first-order valence-corrected chi connectivity index (χ1v) is 10.3. The lowest BCUT2D eigenvalue weighted by Gasteiger charge is -2.27. The van der Waals surface area contributed by atoms with Crippen molar-refractivity contribution in [2.45, 2.75) is 51.5 Å². The molecule has 5 rings (SSSR count). The van der Waals surface area contributed by atoms with Gasteiger partial charge in [0, 0.05) is 11.5 Å². The van der Waals surface area contributed by atoms with Gasteiger partial charge in [0.1, 0.15) is 5.82 Å². The molecular weight excluding hydrogens is 372 g/mol. The summed E-state index contributed by atoms with van der Waals surface area (Å²) in [7, 11) is 0. The van der Waals surface area contributed by atoms with Crippen molar-refractivity contribution in [1.82, 2.24) is 15.1 Å². The molecule has 0 bridgehead atoms. The lowest BCUT2D eigenvalue weighted by atomic mass is 9.88. The average molecular weight is 401 g/mol.